The van der Waals surface area contributed by atoms with Crippen LogP contribution in [0.1, 0.15) is 44.2 Å². The molecule has 0 aliphatic carbocycles. The molecule has 0 radical (unpaired) electrons. The lowest BCUT2D eigenvalue weighted by molar-refractivity contribution is -0.130. The first-order chi connectivity index (χ1) is 11.9. The molecular formula is C19H23BrN2O2S. The van der Waals surface area contributed by atoms with Crippen molar-refractivity contribution in [3.63, 3.8) is 0 Å². The van der Waals surface area contributed by atoms with E-state index in [0.29, 0.717) is 5.92 Å². The van der Waals surface area contributed by atoms with Crippen LogP contribution in [0.2, 0.25) is 0 Å². The molecule has 0 aromatic heterocycles. The molecule has 6 heteroatoms. The zero-order valence-corrected chi connectivity index (χ0v) is 17.1. The van der Waals surface area contributed by atoms with Crippen LogP contribution in [0.15, 0.2) is 40.5 Å². The summed E-state index contributed by atoms with van der Waals surface area (Å²) in [6.45, 7) is 6.31. The van der Waals surface area contributed by atoms with Gasteiger partial charge in [0.05, 0.1) is 0 Å². The van der Waals surface area contributed by atoms with Crippen molar-refractivity contribution >= 4 is 45.9 Å². The number of amides is 2. The lowest BCUT2D eigenvalue weighted by Crippen LogP contribution is -2.55. The van der Waals surface area contributed by atoms with E-state index in [1.54, 1.807) is 6.08 Å². The molecule has 1 saturated heterocycles. The van der Waals surface area contributed by atoms with E-state index in [2.05, 4.69) is 65.2 Å². The van der Waals surface area contributed by atoms with Crippen molar-refractivity contribution in [3.8, 4) is 0 Å². The Morgan fingerprint density at radius 1 is 1.36 bits per heavy atom. The predicted octanol–water partition coefficient (Wildman–Crippen LogP) is 3.79. The molecule has 0 spiro atoms. The van der Waals surface area contributed by atoms with Gasteiger partial charge in [0, 0.05) is 10.2 Å². The van der Waals surface area contributed by atoms with E-state index in [-0.39, 0.29) is 23.3 Å². The maximum absolute atomic E-state index is 12.3. The summed E-state index contributed by atoms with van der Waals surface area (Å²) in [5.74, 6) is 0.0714. The van der Waals surface area contributed by atoms with Crippen molar-refractivity contribution in [3.05, 3.63) is 51.6 Å². The molecule has 1 atom stereocenters. The second-order valence-electron chi connectivity index (χ2n) is 6.21. The van der Waals surface area contributed by atoms with Crippen LogP contribution in [0.3, 0.4) is 0 Å². The highest BCUT2D eigenvalue weighted by molar-refractivity contribution is 9.10. The van der Waals surface area contributed by atoms with Crippen LogP contribution in [-0.2, 0) is 9.59 Å². The summed E-state index contributed by atoms with van der Waals surface area (Å²) in [6.07, 6.45) is 4.63. The summed E-state index contributed by atoms with van der Waals surface area (Å²) in [5, 5.41) is 5.38. The van der Waals surface area contributed by atoms with Gasteiger partial charge in [-0.25, -0.2) is 0 Å². The van der Waals surface area contributed by atoms with Gasteiger partial charge in [-0.05, 0) is 47.2 Å². The molecule has 1 aromatic carbocycles. The molecule has 134 valence electrons. The number of piperazine rings is 1. The molecule has 2 rings (SSSR count). The second kappa shape index (κ2) is 8.72. The number of hydrogen-bond acceptors (Lipinski definition) is 3. The standard InChI is InChI=1S/C19H23BrN2O2S/c1-4-5-12(14-7-6-13(20)9-15(14)11(2)3)8-16-18(23)22-17(10-25)19(24)21-16/h5-9,11,17,25H,4,10H2,1-3H3,(H,21,24)(H,22,23)/b12-5-,16-8-. The molecule has 25 heavy (non-hydrogen) atoms. The average Bonchev–Trinajstić information content (AvgIpc) is 2.57. The Bertz CT molecular complexity index is 741. The minimum Gasteiger partial charge on any atom is -0.338 e. The molecule has 1 fully saturated rings. The maximum Gasteiger partial charge on any atom is 0.268 e. The predicted molar refractivity (Wildman–Crippen MR) is 109 cm³/mol. The van der Waals surface area contributed by atoms with Crippen molar-refractivity contribution in [1.29, 1.82) is 0 Å². The number of nitrogens with one attached hydrogen (secondary N) is 2. The molecule has 1 aromatic rings. The number of rotatable bonds is 5. The van der Waals surface area contributed by atoms with Crippen LogP contribution in [-0.4, -0.2) is 23.6 Å². The van der Waals surface area contributed by atoms with Crippen molar-refractivity contribution in [2.24, 2.45) is 0 Å². The zero-order valence-electron chi connectivity index (χ0n) is 14.6. The van der Waals surface area contributed by atoms with Crippen molar-refractivity contribution in [2.75, 3.05) is 5.75 Å². The van der Waals surface area contributed by atoms with Gasteiger partial charge in [0.1, 0.15) is 11.7 Å². The lowest BCUT2D eigenvalue weighted by atomic mass is 9.91. The molecule has 2 amide bonds. The normalized spacial score (nSPS) is 20.0. The monoisotopic (exact) mass is 422 g/mol. The highest BCUT2D eigenvalue weighted by atomic mass is 79.9. The van der Waals surface area contributed by atoms with Crippen LogP contribution in [0.25, 0.3) is 5.57 Å². The van der Waals surface area contributed by atoms with E-state index in [1.165, 1.54) is 5.56 Å². The Kier molecular flexibility index (Phi) is 6.90. The van der Waals surface area contributed by atoms with Crippen LogP contribution in [0, 0.1) is 0 Å². The van der Waals surface area contributed by atoms with Crippen LogP contribution in [0.5, 0.6) is 0 Å². The summed E-state index contributed by atoms with van der Waals surface area (Å²) in [5.41, 5.74) is 3.43. The summed E-state index contributed by atoms with van der Waals surface area (Å²) < 4.78 is 1.02. The van der Waals surface area contributed by atoms with E-state index >= 15 is 0 Å². The first-order valence-electron chi connectivity index (χ1n) is 8.31. The van der Waals surface area contributed by atoms with Gasteiger partial charge in [0.25, 0.3) is 5.91 Å². The third-order valence-corrected chi connectivity index (χ3v) is 4.84. The van der Waals surface area contributed by atoms with Gasteiger partial charge >= 0.3 is 0 Å². The number of allylic oxidation sites excluding steroid dienone is 3. The van der Waals surface area contributed by atoms with Gasteiger partial charge in [0.15, 0.2) is 0 Å². The smallest absolute Gasteiger partial charge is 0.268 e. The van der Waals surface area contributed by atoms with Crippen molar-refractivity contribution < 1.29 is 9.59 Å². The van der Waals surface area contributed by atoms with Gasteiger partial charge in [-0.2, -0.15) is 12.6 Å². The van der Waals surface area contributed by atoms with E-state index in [1.807, 2.05) is 19.1 Å². The molecule has 2 N–H and O–H groups in total. The average molecular weight is 423 g/mol. The van der Waals surface area contributed by atoms with Crippen LogP contribution >= 0.6 is 28.6 Å². The van der Waals surface area contributed by atoms with Crippen LogP contribution in [0.4, 0.5) is 0 Å². The molecule has 4 nitrogen and oxygen atoms in total. The quantitative estimate of drug-likeness (QED) is 0.499. The van der Waals surface area contributed by atoms with Crippen LogP contribution < -0.4 is 10.6 Å². The number of halogens is 1. The third kappa shape index (κ3) is 4.76. The maximum atomic E-state index is 12.3. The molecule has 0 bridgehead atoms. The van der Waals surface area contributed by atoms with Crippen molar-refractivity contribution in [1.82, 2.24) is 10.6 Å². The molecule has 1 aliphatic rings. The summed E-state index contributed by atoms with van der Waals surface area (Å²) in [6, 6.07) is 5.53. The highest BCUT2D eigenvalue weighted by Gasteiger charge is 2.28. The number of benzene rings is 1. The highest BCUT2D eigenvalue weighted by Crippen LogP contribution is 2.30. The lowest BCUT2D eigenvalue weighted by Gasteiger charge is -2.24. The molecule has 0 saturated carbocycles. The minimum atomic E-state index is -0.592. The largest absolute Gasteiger partial charge is 0.338 e. The third-order valence-electron chi connectivity index (χ3n) is 3.98. The minimum absolute atomic E-state index is 0.239. The SMILES string of the molecule is CC/C=C(/C=C1\NC(=O)C(CS)NC1=O)c1ccc(Br)cc1C(C)C. The first kappa shape index (κ1) is 19.8. The first-order valence-corrected chi connectivity index (χ1v) is 9.74. The number of carbonyl (C=O) groups excluding carboxylic acids is 2. The number of thiol groups is 1. The fourth-order valence-electron chi connectivity index (χ4n) is 2.70. The Hall–Kier alpha value is -1.53. The fourth-order valence-corrected chi connectivity index (χ4v) is 3.34. The van der Waals surface area contributed by atoms with E-state index in [0.717, 1.165) is 22.0 Å². The topological polar surface area (TPSA) is 58.2 Å². The molecule has 1 aliphatic heterocycles. The van der Waals surface area contributed by atoms with E-state index in [9.17, 15) is 9.59 Å². The molecular weight excluding hydrogens is 400 g/mol. The van der Waals surface area contributed by atoms with Gasteiger partial charge in [-0.1, -0.05) is 48.8 Å². The molecule has 1 heterocycles. The summed E-state index contributed by atoms with van der Waals surface area (Å²) in [4.78, 5) is 24.3. The fraction of sp³-hybridized carbons (Fsp3) is 0.368. The van der Waals surface area contributed by atoms with Gasteiger partial charge in [-0.15, -0.1) is 0 Å². The number of hydrogen-bond donors (Lipinski definition) is 3. The van der Waals surface area contributed by atoms with Gasteiger partial charge in [0.2, 0.25) is 5.91 Å². The number of carbonyl (C=O) groups is 2. The Labute approximate surface area is 162 Å². The Morgan fingerprint density at radius 3 is 2.68 bits per heavy atom. The summed E-state index contributed by atoms with van der Waals surface area (Å²) in [7, 11) is 0. The second-order valence-corrected chi connectivity index (χ2v) is 7.49. The van der Waals surface area contributed by atoms with Gasteiger partial charge in [-0.3, -0.25) is 9.59 Å². The Balaban J connectivity index is 2.45. The summed E-state index contributed by atoms with van der Waals surface area (Å²) >= 11 is 7.61. The van der Waals surface area contributed by atoms with Crippen molar-refractivity contribution in [2.45, 2.75) is 39.2 Å². The zero-order chi connectivity index (χ0) is 18.6. The Morgan fingerprint density at radius 2 is 2.08 bits per heavy atom. The van der Waals surface area contributed by atoms with E-state index < -0.39 is 6.04 Å². The van der Waals surface area contributed by atoms with E-state index in [4.69, 9.17) is 0 Å². The molecule has 1 unspecified atom stereocenters. The van der Waals surface area contributed by atoms with Gasteiger partial charge < -0.3 is 10.6 Å².